The Morgan fingerprint density at radius 3 is 3.00 bits per heavy atom. The van der Waals surface area contributed by atoms with Gasteiger partial charge in [-0.25, -0.2) is 4.98 Å². The summed E-state index contributed by atoms with van der Waals surface area (Å²) in [6.45, 7) is 10.2. The van der Waals surface area contributed by atoms with E-state index in [1.807, 2.05) is 31.8 Å². The molecule has 0 spiro atoms. The first-order valence-corrected chi connectivity index (χ1v) is 9.80. The molecule has 0 saturated carbocycles. The zero-order chi connectivity index (χ0) is 17.1. The first-order valence-electron chi connectivity index (χ1n) is 7.77. The average molecular weight is 484 g/mol. The van der Waals surface area contributed by atoms with Gasteiger partial charge >= 0.3 is 0 Å². The number of halogens is 1. The molecule has 0 aliphatic carbocycles. The summed E-state index contributed by atoms with van der Waals surface area (Å²) in [6, 6.07) is 0. The SMILES string of the molecule is C=CCSCCN=C(NCC)N(C)Cc1csc(C(C)OC)n1.I. The molecule has 8 heteroatoms. The first-order chi connectivity index (χ1) is 11.1. The molecule has 0 radical (unpaired) electrons. The maximum atomic E-state index is 5.31. The lowest BCUT2D eigenvalue weighted by Crippen LogP contribution is -2.38. The molecule has 0 saturated heterocycles. The van der Waals surface area contributed by atoms with Crippen molar-refractivity contribution in [2.75, 3.05) is 38.8 Å². The Morgan fingerprint density at radius 2 is 2.38 bits per heavy atom. The number of hydrogen-bond donors (Lipinski definition) is 1. The zero-order valence-electron chi connectivity index (χ0n) is 14.9. The van der Waals surface area contributed by atoms with Gasteiger partial charge in [-0.2, -0.15) is 11.8 Å². The number of nitrogens with zero attached hydrogens (tertiary/aromatic N) is 3. The minimum absolute atomic E-state index is 0. The van der Waals surface area contributed by atoms with E-state index in [4.69, 9.17) is 4.74 Å². The summed E-state index contributed by atoms with van der Waals surface area (Å²) in [6.07, 6.45) is 1.97. The molecule has 1 N–H and O–H groups in total. The molecule has 0 aliphatic heterocycles. The van der Waals surface area contributed by atoms with Crippen LogP contribution in [0.1, 0.15) is 30.7 Å². The summed E-state index contributed by atoms with van der Waals surface area (Å²) in [5.74, 6) is 2.89. The molecule has 0 aliphatic rings. The molecular weight excluding hydrogens is 455 g/mol. The van der Waals surface area contributed by atoms with Crippen LogP contribution in [0.2, 0.25) is 0 Å². The van der Waals surface area contributed by atoms with Gasteiger partial charge in [0.1, 0.15) is 11.1 Å². The van der Waals surface area contributed by atoms with Crippen LogP contribution in [-0.2, 0) is 11.3 Å². The number of nitrogens with one attached hydrogen (secondary N) is 1. The van der Waals surface area contributed by atoms with Crippen molar-refractivity contribution in [2.45, 2.75) is 26.5 Å². The molecule has 138 valence electrons. The largest absolute Gasteiger partial charge is 0.375 e. The zero-order valence-corrected chi connectivity index (χ0v) is 18.9. The second-order valence-corrected chi connectivity index (χ2v) is 7.05. The minimum atomic E-state index is 0. The molecule has 1 rings (SSSR count). The third kappa shape index (κ3) is 8.68. The van der Waals surface area contributed by atoms with Gasteiger partial charge in [-0.15, -0.1) is 41.9 Å². The van der Waals surface area contributed by atoms with Crippen LogP contribution in [0.3, 0.4) is 0 Å². The monoisotopic (exact) mass is 484 g/mol. The van der Waals surface area contributed by atoms with Crippen LogP contribution in [0.25, 0.3) is 0 Å². The number of aliphatic imine (C=N–C) groups is 1. The van der Waals surface area contributed by atoms with Gasteiger partial charge in [-0.3, -0.25) is 4.99 Å². The summed E-state index contributed by atoms with van der Waals surface area (Å²) in [4.78, 5) is 11.4. The van der Waals surface area contributed by atoms with E-state index < -0.39 is 0 Å². The molecule has 1 aromatic heterocycles. The van der Waals surface area contributed by atoms with Crippen molar-refractivity contribution < 1.29 is 4.74 Å². The van der Waals surface area contributed by atoms with Gasteiger partial charge in [-0.1, -0.05) is 6.08 Å². The van der Waals surface area contributed by atoms with E-state index in [1.165, 1.54) is 0 Å². The maximum absolute atomic E-state index is 5.31. The first kappa shape index (κ1) is 23.7. The van der Waals surface area contributed by atoms with E-state index in [9.17, 15) is 0 Å². The summed E-state index contributed by atoms with van der Waals surface area (Å²) in [5, 5.41) is 6.43. The van der Waals surface area contributed by atoms with Crippen LogP contribution in [0.5, 0.6) is 0 Å². The molecule has 1 heterocycles. The van der Waals surface area contributed by atoms with Crippen LogP contribution in [-0.4, -0.2) is 54.6 Å². The van der Waals surface area contributed by atoms with Crippen molar-refractivity contribution in [2.24, 2.45) is 4.99 Å². The summed E-state index contributed by atoms with van der Waals surface area (Å²) in [7, 11) is 3.75. The standard InChI is InChI=1S/C16H28N4OS2.HI/c1-6-9-22-10-8-18-16(17-7-2)20(4)11-14-12-23-15(19-14)13(3)21-5;/h6,12-13H,1,7-11H2,2-5H3,(H,17,18);1H. The molecule has 0 fully saturated rings. The second-order valence-electron chi connectivity index (χ2n) is 5.01. The second kappa shape index (κ2) is 13.9. The molecule has 1 unspecified atom stereocenters. The van der Waals surface area contributed by atoms with E-state index in [2.05, 4.69) is 39.1 Å². The van der Waals surface area contributed by atoms with Gasteiger partial charge in [0.25, 0.3) is 0 Å². The van der Waals surface area contributed by atoms with E-state index >= 15 is 0 Å². The average Bonchev–Trinajstić information content (AvgIpc) is 3.01. The summed E-state index contributed by atoms with van der Waals surface area (Å²) < 4.78 is 5.31. The lowest BCUT2D eigenvalue weighted by Gasteiger charge is -2.21. The Kier molecular flexibility index (Phi) is 13.7. The van der Waals surface area contributed by atoms with Crippen LogP contribution >= 0.6 is 47.1 Å². The van der Waals surface area contributed by atoms with Crippen molar-refractivity contribution >= 4 is 53.0 Å². The highest BCUT2D eigenvalue weighted by atomic mass is 127. The van der Waals surface area contributed by atoms with Crippen molar-refractivity contribution in [3.63, 3.8) is 0 Å². The van der Waals surface area contributed by atoms with Crippen molar-refractivity contribution in [1.82, 2.24) is 15.2 Å². The third-order valence-electron chi connectivity index (χ3n) is 3.10. The Bertz CT molecular complexity index is 496. The van der Waals surface area contributed by atoms with Gasteiger partial charge in [0.2, 0.25) is 0 Å². The molecule has 1 atom stereocenters. The quantitative estimate of drug-likeness (QED) is 0.180. The molecule has 0 aromatic carbocycles. The lowest BCUT2D eigenvalue weighted by atomic mass is 10.4. The molecule has 0 bridgehead atoms. The van der Waals surface area contributed by atoms with E-state index in [1.54, 1.807) is 18.4 Å². The predicted octanol–water partition coefficient (Wildman–Crippen LogP) is 3.79. The van der Waals surface area contributed by atoms with Crippen molar-refractivity contribution in [3.05, 3.63) is 28.7 Å². The van der Waals surface area contributed by atoms with E-state index in [0.29, 0.717) is 0 Å². The smallest absolute Gasteiger partial charge is 0.194 e. The van der Waals surface area contributed by atoms with Gasteiger partial charge in [0.15, 0.2) is 5.96 Å². The van der Waals surface area contributed by atoms with Gasteiger partial charge < -0.3 is 15.0 Å². The lowest BCUT2D eigenvalue weighted by molar-refractivity contribution is 0.119. The van der Waals surface area contributed by atoms with Crippen molar-refractivity contribution in [1.29, 1.82) is 0 Å². The highest BCUT2D eigenvalue weighted by molar-refractivity contribution is 14.0. The normalized spacial score (nSPS) is 12.4. The predicted molar refractivity (Wildman–Crippen MR) is 118 cm³/mol. The van der Waals surface area contributed by atoms with E-state index in [-0.39, 0.29) is 30.1 Å². The number of thioether (sulfide) groups is 1. The number of hydrogen-bond acceptors (Lipinski definition) is 5. The number of guanidine groups is 1. The number of methoxy groups -OCH3 is 1. The fourth-order valence-electron chi connectivity index (χ4n) is 1.85. The molecule has 5 nitrogen and oxygen atoms in total. The molecule has 24 heavy (non-hydrogen) atoms. The van der Waals surface area contributed by atoms with Gasteiger partial charge in [-0.05, 0) is 13.8 Å². The van der Waals surface area contributed by atoms with Gasteiger partial charge in [0.05, 0.1) is 18.8 Å². The van der Waals surface area contributed by atoms with E-state index in [0.717, 1.165) is 47.8 Å². The molecule has 0 amide bonds. The number of rotatable bonds is 10. The Hall–Kier alpha value is -0.320. The fraction of sp³-hybridized carbons (Fsp3) is 0.625. The minimum Gasteiger partial charge on any atom is -0.375 e. The number of ether oxygens (including phenoxy) is 1. The topological polar surface area (TPSA) is 49.8 Å². The fourth-order valence-corrected chi connectivity index (χ4v) is 3.25. The Balaban J connectivity index is 0.00000529. The van der Waals surface area contributed by atoms with Crippen LogP contribution < -0.4 is 5.32 Å². The van der Waals surface area contributed by atoms with Gasteiger partial charge in [0, 0.05) is 37.6 Å². The number of thiazole rings is 1. The summed E-state index contributed by atoms with van der Waals surface area (Å²) in [5.41, 5.74) is 1.04. The highest BCUT2D eigenvalue weighted by Gasteiger charge is 2.12. The van der Waals surface area contributed by atoms with Crippen LogP contribution in [0, 0.1) is 0 Å². The van der Waals surface area contributed by atoms with Crippen LogP contribution in [0.15, 0.2) is 23.0 Å². The Labute approximate surface area is 171 Å². The Morgan fingerprint density at radius 1 is 1.62 bits per heavy atom. The third-order valence-corrected chi connectivity index (χ3v) is 5.10. The van der Waals surface area contributed by atoms with Crippen LogP contribution in [0.4, 0.5) is 0 Å². The molecular formula is C16H29IN4OS2. The molecule has 1 aromatic rings. The number of aromatic nitrogens is 1. The maximum Gasteiger partial charge on any atom is 0.194 e. The summed E-state index contributed by atoms with van der Waals surface area (Å²) >= 11 is 3.48. The van der Waals surface area contributed by atoms with Crippen molar-refractivity contribution in [3.8, 4) is 0 Å². The highest BCUT2D eigenvalue weighted by Crippen LogP contribution is 2.20.